The predicted molar refractivity (Wildman–Crippen MR) is 112 cm³/mol. The first kappa shape index (κ1) is 24.9. The zero-order valence-corrected chi connectivity index (χ0v) is 18.3. The molecule has 29 heavy (non-hydrogen) atoms. The number of esters is 2. The lowest BCUT2D eigenvalue weighted by Crippen LogP contribution is -2.25. The molecule has 0 aliphatic carbocycles. The van der Waals surface area contributed by atoms with Crippen molar-refractivity contribution in [2.45, 2.75) is 72.7 Å². The number of rotatable bonds is 10. The minimum absolute atomic E-state index is 0.0194. The Hall–Kier alpha value is -2.18. The summed E-state index contributed by atoms with van der Waals surface area (Å²) in [5, 5.41) is 20.0. The van der Waals surface area contributed by atoms with Crippen LogP contribution in [0.5, 0.6) is 0 Å². The SMILES string of the molecule is CCC(C)(C)C(=O)OCc1cc(C)cc(C)c1/C=C/[C@@H](O)C[C@@H](O)CC(=O)OC. The molecule has 0 bridgehead atoms. The highest BCUT2D eigenvalue weighted by Crippen LogP contribution is 2.25. The smallest absolute Gasteiger partial charge is 0.311 e. The van der Waals surface area contributed by atoms with Crippen molar-refractivity contribution in [2.75, 3.05) is 7.11 Å². The number of methoxy groups -OCH3 is 1. The third kappa shape index (κ3) is 7.99. The molecule has 0 heterocycles. The molecule has 0 aliphatic rings. The zero-order chi connectivity index (χ0) is 22.2. The van der Waals surface area contributed by atoms with Crippen LogP contribution in [0.1, 0.15) is 62.3 Å². The molecule has 2 atom stereocenters. The van der Waals surface area contributed by atoms with Crippen molar-refractivity contribution >= 4 is 18.0 Å². The van der Waals surface area contributed by atoms with E-state index in [4.69, 9.17) is 4.74 Å². The average molecular weight is 407 g/mol. The summed E-state index contributed by atoms with van der Waals surface area (Å²) in [6.45, 7) is 9.72. The summed E-state index contributed by atoms with van der Waals surface area (Å²) in [6, 6.07) is 3.97. The molecule has 1 aromatic rings. The lowest BCUT2D eigenvalue weighted by molar-refractivity contribution is -0.155. The molecule has 0 amide bonds. The van der Waals surface area contributed by atoms with Gasteiger partial charge in [0, 0.05) is 6.42 Å². The average Bonchev–Trinajstić information content (AvgIpc) is 2.64. The quantitative estimate of drug-likeness (QED) is 0.578. The number of carbonyl (C=O) groups excluding carboxylic acids is 2. The molecular weight excluding hydrogens is 372 g/mol. The standard InChI is InChI=1S/C23H34O6/c1-7-23(4,5)22(27)29-14-17-11-15(2)10-16(3)20(17)9-8-18(24)12-19(25)13-21(26)28-6/h8-11,18-19,24-25H,7,12-14H2,1-6H3/b9-8+/t18-,19-/m1/s1. The fourth-order valence-corrected chi connectivity index (χ4v) is 2.83. The third-order valence-corrected chi connectivity index (χ3v) is 5.04. The Morgan fingerprint density at radius 1 is 1.21 bits per heavy atom. The van der Waals surface area contributed by atoms with Crippen LogP contribution in [0.4, 0.5) is 0 Å². The Morgan fingerprint density at radius 2 is 1.86 bits per heavy atom. The summed E-state index contributed by atoms with van der Waals surface area (Å²) in [5.74, 6) is -0.776. The monoisotopic (exact) mass is 406 g/mol. The third-order valence-electron chi connectivity index (χ3n) is 5.04. The molecule has 2 N–H and O–H groups in total. The maximum absolute atomic E-state index is 12.3. The van der Waals surface area contributed by atoms with Crippen LogP contribution >= 0.6 is 0 Å². The van der Waals surface area contributed by atoms with E-state index in [9.17, 15) is 19.8 Å². The molecule has 0 aliphatic heterocycles. The number of ether oxygens (including phenoxy) is 2. The van der Waals surface area contributed by atoms with Gasteiger partial charge in [-0.2, -0.15) is 0 Å². The van der Waals surface area contributed by atoms with E-state index in [1.54, 1.807) is 12.2 Å². The summed E-state index contributed by atoms with van der Waals surface area (Å²) in [6.07, 6.45) is 1.96. The molecule has 0 radical (unpaired) electrons. The van der Waals surface area contributed by atoms with Gasteiger partial charge in [0.25, 0.3) is 0 Å². The minimum Gasteiger partial charge on any atom is -0.469 e. The molecule has 0 spiro atoms. The maximum Gasteiger partial charge on any atom is 0.311 e. The van der Waals surface area contributed by atoms with Gasteiger partial charge in [-0.3, -0.25) is 9.59 Å². The van der Waals surface area contributed by atoms with E-state index >= 15 is 0 Å². The topological polar surface area (TPSA) is 93.1 Å². The number of benzene rings is 1. The van der Waals surface area contributed by atoms with E-state index in [0.29, 0.717) is 6.42 Å². The van der Waals surface area contributed by atoms with Gasteiger partial charge in [0.05, 0.1) is 31.2 Å². The molecule has 6 nitrogen and oxygen atoms in total. The molecule has 0 aromatic heterocycles. The molecule has 1 aromatic carbocycles. The van der Waals surface area contributed by atoms with Gasteiger partial charge in [0.15, 0.2) is 0 Å². The second-order valence-electron chi connectivity index (χ2n) is 8.06. The van der Waals surface area contributed by atoms with E-state index < -0.39 is 23.6 Å². The molecule has 0 fully saturated rings. The number of aliphatic hydroxyl groups excluding tert-OH is 2. The number of aryl methyl sites for hydroxylation is 2. The fraction of sp³-hybridized carbons (Fsp3) is 0.565. The highest BCUT2D eigenvalue weighted by atomic mass is 16.5. The Bertz CT molecular complexity index is 735. The van der Waals surface area contributed by atoms with E-state index in [1.807, 2.05) is 46.8 Å². The molecule has 162 valence electrons. The van der Waals surface area contributed by atoms with Gasteiger partial charge in [-0.1, -0.05) is 36.8 Å². The second kappa shape index (κ2) is 11.1. The Kier molecular flexibility index (Phi) is 9.53. The van der Waals surface area contributed by atoms with Gasteiger partial charge in [0.1, 0.15) is 6.61 Å². The van der Waals surface area contributed by atoms with E-state index in [1.165, 1.54) is 7.11 Å². The van der Waals surface area contributed by atoms with Crippen LogP contribution in [0, 0.1) is 19.3 Å². The van der Waals surface area contributed by atoms with Gasteiger partial charge >= 0.3 is 11.9 Å². The first-order valence-corrected chi connectivity index (χ1v) is 9.88. The van der Waals surface area contributed by atoms with Crippen LogP contribution in [0.15, 0.2) is 18.2 Å². The van der Waals surface area contributed by atoms with Crippen molar-refractivity contribution in [3.8, 4) is 0 Å². The first-order valence-electron chi connectivity index (χ1n) is 9.88. The Morgan fingerprint density at radius 3 is 2.45 bits per heavy atom. The molecule has 6 heteroatoms. The van der Waals surface area contributed by atoms with Gasteiger partial charge in [-0.15, -0.1) is 0 Å². The first-order chi connectivity index (χ1) is 13.5. The van der Waals surface area contributed by atoms with Gasteiger partial charge in [-0.05, 0) is 50.8 Å². The van der Waals surface area contributed by atoms with E-state index in [-0.39, 0.29) is 25.4 Å². The number of hydrogen-bond acceptors (Lipinski definition) is 6. The number of hydrogen-bond donors (Lipinski definition) is 2. The van der Waals surface area contributed by atoms with Crippen molar-refractivity contribution in [3.05, 3.63) is 40.5 Å². The Labute approximate surface area is 173 Å². The summed E-state index contributed by atoms with van der Waals surface area (Å²) in [4.78, 5) is 23.5. The lowest BCUT2D eigenvalue weighted by atomic mass is 9.90. The van der Waals surface area contributed by atoms with Crippen LogP contribution in [0.2, 0.25) is 0 Å². The van der Waals surface area contributed by atoms with Crippen molar-refractivity contribution in [2.24, 2.45) is 5.41 Å². The predicted octanol–water partition coefficient (Wildman–Crippen LogP) is 3.47. The van der Waals surface area contributed by atoms with Gasteiger partial charge in [-0.25, -0.2) is 0 Å². The van der Waals surface area contributed by atoms with Crippen LogP contribution in [-0.2, 0) is 25.7 Å². The van der Waals surface area contributed by atoms with Crippen molar-refractivity contribution in [1.82, 2.24) is 0 Å². The van der Waals surface area contributed by atoms with Crippen molar-refractivity contribution < 1.29 is 29.3 Å². The van der Waals surface area contributed by atoms with Crippen LogP contribution in [-0.4, -0.2) is 41.5 Å². The fourth-order valence-electron chi connectivity index (χ4n) is 2.83. The van der Waals surface area contributed by atoms with Crippen molar-refractivity contribution in [1.29, 1.82) is 0 Å². The van der Waals surface area contributed by atoms with Gasteiger partial charge < -0.3 is 19.7 Å². The lowest BCUT2D eigenvalue weighted by Gasteiger charge is -2.21. The van der Waals surface area contributed by atoms with Crippen molar-refractivity contribution in [3.63, 3.8) is 0 Å². The summed E-state index contributed by atoms with van der Waals surface area (Å²) in [5.41, 5.74) is 3.21. The van der Waals surface area contributed by atoms with Gasteiger partial charge in [0.2, 0.25) is 0 Å². The normalized spacial score (nSPS) is 13.9. The number of aliphatic hydroxyl groups is 2. The Balaban J connectivity index is 2.91. The molecule has 0 saturated heterocycles. The molecule has 0 unspecified atom stereocenters. The molecule has 0 saturated carbocycles. The summed E-state index contributed by atoms with van der Waals surface area (Å²) < 4.78 is 10.0. The maximum atomic E-state index is 12.3. The zero-order valence-electron chi connectivity index (χ0n) is 18.3. The second-order valence-corrected chi connectivity index (χ2v) is 8.06. The van der Waals surface area contributed by atoms with Crippen LogP contribution in [0.25, 0.3) is 6.08 Å². The van der Waals surface area contributed by atoms with E-state index in [0.717, 1.165) is 22.3 Å². The summed E-state index contributed by atoms with van der Waals surface area (Å²) in [7, 11) is 1.25. The highest BCUT2D eigenvalue weighted by molar-refractivity contribution is 5.76. The van der Waals surface area contributed by atoms with E-state index in [2.05, 4.69) is 4.74 Å². The highest BCUT2D eigenvalue weighted by Gasteiger charge is 2.27. The largest absolute Gasteiger partial charge is 0.469 e. The summed E-state index contributed by atoms with van der Waals surface area (Å²) >= 11 is 0. The van der Waals surface area contributed by atoms with Crippen LogP contribution < -0.4 is 0 Å². The molecular formula is C23H34O6. The van der Waals surface area contributed by atoms with Crippen LogP contribution in [0.3, 0.4) is 0 Å². The number of carbonyl (C=O) groups is 2. The minimum atomic E-state index is -0.988. The molecule has 1 rings (SSSR count).